The normalized spacial score (nSPS) is 10.5. The van der Waals surface area contributed by atoms with E-state index in [2.05, 4.69) is 0 Å². The largest absolute Gasteiger partial charge is 0.497 e. The van der Waals surface area contributed by atoms with E-state index in [1.165, 1.54) is 17.8 Å². The summed E-state index contributed by atoms with van der Waals surface area (Å²) in [6.07, 6.45) is 0. The third-order valence-electron chi connectivity index (χ3n) is 2.48. The molecule has 2 aromatic rings. The SMILES string of the molecule is COc1cccc(Sc2c(N)cc(N)c(Cl)c2F)c1. The highest BCUT2D eigenvalue weighted by molar-refractivity contribution is 7.99. The molecule has 0 atom stereocenters. The maximum atomic E-state index is 14.0. The second kappa shape index (κ2) is 5.59. The molecule has 4 N–H and O–H groups in total. The van der Waals surface area contributed by atoms with Gasteiger partial charge in [-0.25, -0.2) is 4.39 Å². The second-order valence-electron chi connectivity index (χ2n) is 3.79. The van der Waals surface area contributed by atoms with Crippen LogP contribution >= 0.6 is 23.4 Å². The number of rotatable bonds is 3. The molecule has 19 heavy (non-hydrogen) atoms. The first-order chi connectivity index (χ1) is 9.02. The molecule has 0 saturated heterocycles. The Morgan fingerprint density at radius 1 is 1.21 bits per heavy atom. The Morgan fingerprint density at radius 2 is 1.95 bits per heavy atom. The summed E-state index contributed by atoms with van der Waals surface area (Å²) in [4.78, 5) is 1.05. The lowest BCUT2D eigenvalue weighted by atomic mass is 10.3. The molecule has 0 aromatic heterocycles. The van der Waals surface area contributed by atoms with E-state index in [9.17, 15) is 4.39 Å². The molecule has 0 bridgehead atoms. The number of benzene rings is 2. The zero-order chi connectivity index (χ0) is 14.0. The van der Waals surface area contributed by atoms with E-state index < -0.39 is 5.82 Å². The van der Waals surface area contributed by atoms with Crippen LogP contribution in [0.1, 0.15) is 0 Å². The van der Waals surface area contributed by atoms with E-state index in [-0.39, 0.29) is 21.3 Å². The van der Waals surface area contributed by atoms with Gasteiger partial charge in [-0.2, -0.15) is 0 Å². The summed E-state index contributed by atoms with van der Waals surface area (Å²) >= 11 is 6.96. The van der Waals surface area contributed by atoms with Crippen LogP contribution in [0.2, 0.25) is 5.02 Å². The first-order valence-corrected chi connectivity index (χ1v) is 6.57. The van der Waals surface area contributed by atoms with Gasteiger partial charge in [0.2, 0.25) is 0 Å². The highest BCUT2D eigenvalue weighted by atomic mass is 35.5. The number of nitrogen functional groups attached to an aromatic ring is 2. The van der Waals surface area contributed by atoms with Gasteiger partial charge in [0.25, 0.3) is 0 Å². The van der Waals surface area contributed by atoms with Gasteiger partial charge in [0, 0.05) is 4.90 Å². The maximum absolute atomic E-state index is 14.0. The molecule has 2 rings (SSSR count). The van der Waals surface area contributed by atoms with Crippen LogP contribution in [-0.2, 0) is 0 Å². The molecule has 0 heterocycles. The maximum Gasteiger partial charge on any atom is 0.159 e. The summed E-state index contributed by atoms with van der Waals surface area (Å²) < 4.78 is 19.2. The van der Waals surface area contributed by atoms with Gasteiger partial charge in [-0.3, -0.25) is 0 Å². The molecule has 100 valence electrons. The molecule has 0 unspecified atom stereocenters. The third kappa shape index (κ3) is 2.88. The van der Waals surface area contributed by atoms with E-state index in [1.807, 2.05) is 12.1 Å². The minimum absolute atomic E-state index is 0.111. The number of hydrogen-bond acceptors (Lipinski definition) is 4. The molecule has 3 nitrogen and oxygen atoms in total. The molecule has 0 spiro atoms. The van der Waals surface area contributed by atoms with E-state index in [0.717, 1.165) is 4.90 Å². The van der Waals surface area contributed by atoms with Gasteiger partial charge in [0.1, 0.15) is 10.8 Å². The second-order valence-corrected chi connectivity index (χ2v) is 5.25. The lowest BCUT2D eigenvalue weighted by Crippen LogP contribution is -1.98. The Bertz CT molecular complexity index is 622. The van der Waals surface area contributed by atoms with Crippen LogP contribution in [0.4, 0.5) is 15.8 Å². The van der Waals surface area contributed by atoms with Crippen LogP contribution in [0.25, 0.3) is 0 Å². The quantitative estimate of drug-likeness (QED) is 0.846. The summed E-state index contributed by atoms with van der Waals surface area (Å²) in [6.45, 7) is 0. The molecule has 0 aliphatic carbocycles. The molecule has 0 amide bonds. The van der Waals surface area contributed by atoms with Crippen molar-refractivity contribution in [1.29, 1.82) is 0 Å². The van der Waals surface area contributed by atoms with Gasteiger partial charge in [-0.05, 0) is 24.3 Å². The van der Waals surface area contributed by atoms with E-state index >= 15 is 0 Å². The standard InChI is InChI=1S/C13H12ClFN2OS/c1-18-7-3-2-4-8(5-7)19-13-10(17)6-9(16)11(14)12(13)15/h2-6H,16-17H2,1H3. The topological polar surface area (TPSA) is 61.3 Å². The smallest absolute Gasteiger partial charge is 0.159 e. The van der Waals surface area contributed by atoms with Crippen molar-refractivity contribution >= 4 is 34.7 Å². The third-order valence-corrected chi connectivity index (χ3v) is 3.97. The Labute approximate surface area is 119 Å². The molecule has 0 radical (unpaired) electrons. The summed E-state index contributed by atoms with van der Waals surface area (Å²) in [5.74, 6) is 0.0810. The van der Waals surface area contributed by atoms with Crippen molar-refractivity contribution in [2.45, 2.75) is 9.79 Å². The van der Waals surface area contributed by atoms with E-state index in [4.69, 9.17) is 27.8 Å². The number of methoxy groups -OCH3 is 1. The average Bonchev–Trinajstić information content (AvgIpc) is 2.41. The Kier molecular flexibility index (Phi) is 4.07. The zero-order valence-electron chi connectivity index (χ0n) is 10.1. The number of hydrogen-bond donors (Lipinski definition) is 2. The molecule has 0 aliphatic rings. The van der Waals surface area contributed by atoms with Crippen LogP contribution in [0, 0.1) is 5.82 Å². The summed E-state index contributed by atoms with van der Waals surface area (Å²) in [7, 11) is 1.57. The zero-order valence-corrected chi connectivity index (χ0v) is 11.7. The molecule has 2 aromatic carbocycles. The molecular formula is C13H12ClFN2OS. The summed E-state index contributed by atoms with van der Waals surface area (Å²) in [5.41, 5.74) is 11.7. The number of ether oxygens (including phenoxy) is 1. The predicted molar refractivity (Wildman–Crippen MR) is 77.4 cm³/mol. The number of halogens is 2. The first-order valence-electron chi connectivity index (χ1n) is 5.37. The highest BCUT2D eigenvalue weighted by Gasteiger charge is 2.15. The lowest BCUT2D eigenvalue weighted by molar-refractivity contribution is 0.413. The first kappa shape index (κ1) is 13.8. The van der Waals surface area contributed by atoms with Crippen LogP contribution in [0.3, 0.4) is 0 Å². The van der Waals surface area contributed by atoms with Gasteiger partial charge in [0.05, 0.1) is 23.4 Å². The van der Waals surface area contributed by atoms with Crippen molar-refractivity contribution in [1.82, 2.24) is 0 Å². The van der Waals surface area contributed by atoms with E-state index in [0.29, 0.717) is 5.75 Å². The van der Waals surface area contributed by atoms with Crippen LogP contribution < -0.4 is 16.2 Å². The highest BCUT2D eigenvalue weighted by Crippen LogP contribution is 2.40. The Hall–Kier alpha value is -1.59. The molecule has 0 aliphatic heterocycles. The van der Waals surface area contributed by atoms with Crippen molar-refractivity contribution in [3.63, 3.8) is 0 Å². The summed E-state index contributed by atoms with van der Waals surface area (Å²) in [6, 6.07) is 8.69. The van der Waals surface area contributed by atoms with Crippen LogP contribution in [0.5, 0.6) is 5.75 Å². The molecule has 6 heteroatoms. The fourth-order valence-corrected chi connectivity index (χ4v) is 2.67. The van der Waals surface area contributed by atoms with Gasteiger partial charge >= 0.3 is 0 Å². The van der Waals surface area contributed by atoms with Crippen molar-refractivity contribution in [2.24, 2.45) is 0 Å². The van der Waals surface area contributed by atoms with Gasteiger partial charge in [-0.15, -0.1) is 0 Å². The number of anilines is 2. The molecular weight excluding hydrogens is 287 g/mol. The average molecular weight is 299 g/mol. The van der Waals surface area contributed by atoms with Crippen molar-refractivity contribution in [2.75, 3.05) is 18.6 Å². The summed E-state index contributed by atoms with van der Waals surface area (Å²) in [5, 5.41) is -0.111. The predicted octanol–water partition coefficient (Wildman–Crippen LogP) is 3.80. The minimum Gasteiger partial charge on any atom is -0.497 e. The molecule has 0 fully saturated rings. The fraction of sp³-hybridized carbons (Fsp3) is 0.0769. The minimum atomic E-state index is -0.605. The van der Waals surface area contributed by atoms with Gasteiger partial charge in [-0.1, -0.05) is 29.4 Å². The van der Waals surface area contributed by atoms with Crippen molar-refractivity contribution in [3.8, 4) is 5.75 Å². The van der Waals surface area contributed by atoms with Crippen LogP contribution in [0.15, 0.2) is 40.1 Å². The van der Waals surface area contributed by atoms with Crippen molar-refractivity contribution < 1.29 is 9.13 Å². The monoisotopic (exact) mass is 298 g/mol. The Morgan fingerprint density at radius 3 is 2.63 bits per heavy atom. The van der Waals surface area contributed by atoms with E-state index in [1.54, 1.807) is 19.2 Å². The number of nitrogens with two attached hydrogens (primary N) is 2. The fourth-order valence-electron chi connectivity index (χ4n) is 1.54. The van der Waals surface area contributed by atoms with Crippen molar-refractivity contribution in [3.05, 3.63) is 41.2 Å². The molecule has 0 saturated carbocycles. The van der Waals surface area contributed by atoms with Gasteiger partial charge < -0.3 is 16.2 Å². The lowest BCUT2D eigenvalue weighted by Gasteiger charge is -2.10. The van der Waals surface area contributed by atoms with Crippen LogP contribution in [-0.4, -0.2) is 7.11 Å². The van der Waals surface area contributed by atoms with Gasteiger partial charge in [0.15, 0.2) is 5.82 Å². The Balaban J connectivity index is 2.40.